The minimum Gasteiger partial charge on any atom is -0.496 e. The summed E-state index contributed by atoms with van der Waals surface area (Å²) in [6, 6.07) is 11.9. The lowest BCUT2D eigenvalue weighted by atomic mass is 10.1. The number of fused-ring (bicyclic) bond motifs is 1. The number of benzene rings is 2. The normalized spacial score (nSPS) is 15.6. The molecule has 0 spiro atoms. The SMILES string of the molecule is COCC(=O)N1CCCN(CC(C)C)CCCN(C(=O)Cc2ccccc2OC)Cc2cc(F)ccc21. The summed E-state index contributed by atoms with van der Waals surface area (Å²) in [7, 11) is 3.08. The Hall–Kier alpha value is -2.97. The van der Waals surface area contributed by atoms with E-state index in [0.29, 0.717) is 36.0 Å². The third kappa shape index (κ3) is 8.27. The van der Waals surface area contributed by atoms with Crippen LogP contribution in [0.1, 0.15) is 37.8 Å². The quantitative estimate of drug-likeness (QED) is 0.557. The number of rotatable bonds is 7. The van der Waals surface area contributed by atoms with Crippen molar-refractivity contribution in [2.75, 3.05) is 58.5 Å². The Labute approximate surface area is 220 Å². The number of ether oxygens (including phenoxy) is 2. The molecule has 0 fully saturated rings. The van der Waals surface area contributed by atoms with Crippen LogP contribution in [0.25, 0.3) is 0 Å². The maximum absolute atomic E-state index is 14.4. The van der Waals surface area contributed by atoms with Crippen molar-refractivity contribution in [3.63, 3.8) is 0 Å². The van der Waals surface area contributed by atoms with Gasteiger partial charge < -0.3 is 24.2 Å². The molecule has 0 radical (unpaired) electrons. The van der Waals surface area contributed by atoms with Gasteiger partial charge in [-0.3, -0.25) is 9.59 Å². The van der Waals surface area contributed by atoms with Gasteiger partial charge in [-0.25, -0.2) is 4.39 Å². The van der Waals surface area contributed by atoms with E-state index in [-0.39, 0.29) is 31.4 Å². The summed E-state index contributed by atoms with van der Waals surface area (Å²) >= 11 is 0. The second-order valence-electron chi connectivity index (χ2n) is 9.96. The topological polar surface area (TPSA) is 62.3 Å². The molecule has 0 aromatic heterocycles. The highest BCUT2D eigenvalue weighted by atomic mass is 19.1. The monoisotopic (exact) mass is 513 g/mol. The van der Waals surface area contributed by atoms with Gasteiger partial charge in [0, 0.05) is 44.5 Å². The summed E-state index contributed by atoms with van der Waals surface area (Å²) in [5, 5.41) is 0. The number of methoxy groups -OCH3 is 2. The molecule has 8 heteroatoms. The molecule has 1 aliphatic heterocycles. The number of anilines is 1. The molecule has 7 nitrogen and oxygen atoms in total. The first-order valence-corrected chi connectivity index (χ1v) is 13.0. The highest BCUT2D eigenvalue weighted by Gasteiger charge is 2.24. The smallest absolute Gasteiger partial charge is 0.252 e. The van der Waals surface area contributed by atoms with E-state index in [2.05, 4.69) is 18.7 Å². The average molecular weight is 514 g/mol. The predicted molar refractivity (Wildman–Crippen MR) is 143 cm³/mol. The van der Waals surface area contributed by atoms with E-state index >= 15 is 0 Å². The van der Waals surface area contributed by atoms with Crippen molar-refractivity contribution in [2.24, 2.45) is 5.92 Å². The molecule has 2 aromatic carbocycles. The van der Waals surface area contributed by atoms with E-state index in [1.807, 2.05) is 24.3 Å². The fraction of sp³-hybridized carbons (Fsp3) is 0.517. The van der Waals surface area contributed by atoms with Crippen molar-refractivity contribution in [3.8, 4) is 5.75 Å². The van der Waals surface area contributed by atoms with Crippen LogP contribution in [0.2, 0.25) is 0 Å². The van der Waals surface area contributed by atoms with Crippen LogP contribution in [0.15, 0.2) is 42.5 Å². The van der Waals surface area contributed by atoms with Gasteiger partial charge in [0.05, 0.1) is 13.5 Å². The van der Waals surface area contributed by atoms with Gasteiger partial charge in [0.25, 0.3) is 5.91 Å². The molecule has 0 unspecified atom stereocenters. The largest absolute Gasteiger partial charge is 0.496 e. The molecule has 0 saturated carbocycles. The molecule has 1 aliphatic rings. The molecular weight excluding hydrogens is 473 g/mol. The van der Waals surface area contributed by atoms with E-state index in [0.717, 1.165) is 38.0 Å². The summed E-state index contributed by atoms with van der Waals surface area (Å²) in [5.41, 5.74) is 2.03. The fourth-order valence-corrected chi connectivity index (χ4v) is 4.89. The molecule has 37 heavy (non-hydrogen) atoms. The highest BCUT2D eigenvalue weighted by Crippen LogP contribution is 2.26. The zero-order valence-electron chi connectivity index (χ0n) is 22.5. The van der Waals surface area contributed by atoms with Crippen LogP contribution in [0, 0.1) is 11.7 Å². The molecule has 1 heterocycles. The van der Waals surface area contributed by atoms with Gasteiger partial charge in [-0.1, -0.05) is 32.0 Å². The zero-order valence-corrected chi connectivity index (χ0v) is 22.5. The minimum absolute atomic E-state index is 0.0665. The lowest BCUT2D eigenvalue weighted by molar-refractivity contribution is -0.131. The van der Waals surface area contributed by atoms with Crippen LogP contribution in [0.4, 0.5) is 10.1 Å². The van der Waals surface area contributed by atoms with Crippen LogP contribution >= 0.6 is 0 Å². The molecule has 2 amide bonds. The zero-order chi connectivity index (χ0) is 26.8. The molecule has 0 aliphatic carbocycles. The number of hydrogen-bond donors (Lipinski definition) is 0. The lowest BCUT2D eigenvalue weighted by Gasteiger charge is -2.32. The number of amides is 2. The van der Waals surface area contributed by atoms with Crippen LogP contribution in [-0.2, 0) is 27.3 Å². The average Bonchev–Trinajstić information content (AvgIpc) is 2.85. The number of hydrogen-bond acceptors (Lipinski definition) is 5. The van der Waals surface area contributed by atoms with Gasteiger partial charge >= 0.3 is 0 Å². The molecule has 0 saturated heterocycles. The van der Waals surface area contributed by atoms with E-state index < -0.39 is 5.82 Å². The van der Waals surface area contributed by atoms with E-state index in [9.17, 15) is 14.0 Å². The van der Waals surface area contributed by atoms with Crippen LogP contribution in [0.5, 0.6) is 5.75 Å². The lowest BCUT2D eigenvalue weighted by Crippen LogP contribution is -2.41. The first-order chi connectivity index (χ1) is 17.8. The number of nitrogens with zero attached hydrogens (tertiary/aromatic N) is 3. The van der Waals surface area contributed by atoms with Crippen molar-refractivity contribution in [2.45, 2.75) is 39.7 Å². The number of para-hydroxylation sites is 1. The van der Waals surface area contributed by atoms with Gasteiger partial charge in [-0.2, -0.15) is 0 Å². The first kappa shape index (κ1) is 28.6. The minimum atomic E-state index is -0.398. The summed E-state index contributed by atoms with van der Waals surface area (Å²) in [6.07, 6.45) is 1.77. The standard InChI is InChI=1S/C29H40FN3O4/c1-22(2)19-31-13-7-15-32(28(34)18-23-9-5-6-10-27(23)37-4)20-24-17-25(30)11-12-26(24)33(16-8-14-31)29(35)21-36-3/h5-6,9-12,17,22H,7-8,13-16,18-21H2,1-4H3. The summed E-state index contributed by atoms with van der Waals surface area (Å²) < 4.78 is 25.0. The molecule has 0 atom stereocenters. The summed E-state index contributed by atoms with van der Waals surface area (Å²) in [6.45, 7) is 8.18. The van der Waals surface area contributed by atoms with E-state index in [1.54, 1.807) is 23.0 Å². The third-order valence-corrected chi connectivity index (χ3v) is 6.53. The second kappa shape index (κ2) is 14.1. The van der Waals surface area contributed by atoms with Crippen molar-refractivity contribution in [3.05, 3.63) is 59.4 Å². The fourth-order valence-electron chi connectivity index (χ4n) is 4.89. The van der Waals surface area contributed by atoms with Crippen molar-refractivity contribution in [1.29, 1.82) is 0 Å². The first-order valence-electron chi connectivity index (χ1n) is 13.0. The maximum atomic E-state index is 14.4. The van der Waals surface area contributed by atoms with Crippen LogP contribution in [-0.4, -0.2) is 75.2 Å². The molecule has 2 aromatic rings. The van der Waals surface area contributed by atoms with Crippen LogP contribution in [0.3, 0.4) is 0 Å². The van der Waals surface area contributed by atoms with Gasteiger partial charge in [0.2, 0.25) is 5.91 Å². The Morgan fingerprint density at radius 3 is 2.41 bits per heavy atom. The van der Waals surface area contributed by atoms with Crippen molar-refractivity contribution >= 4 is 17.5 Å². The van der Waals surface area contributed by atoms with E-state index in [1.165, 1.54) is 19.2 Å². The predicted octanol–water partition coefficient (Wildman–Crippen LogP) is 4.14. The highest BCUT2D eigenvalue weighted by molar-refractivity contribution is 5.95. The maximum Gasteiger partial charge on any atom is 0.252 e. The molecule has 0 bridgehead atoms. The molecular formula is C29H40FN3O4. The number of halogens is 1. The van der Waals surface area contributed by atoms with Crippen molar-refractivity contribution < 1.29 is 23.5 Å². The van der Waals surface area contributed by atoms with Crippen LogP contribution < -0.4 is 9.64 Å². The number of carbonyl (C=O) groups excluding carboxylic acids is 2. The second-order valence-corrected chi connectivity index (χ2v) is 9.96. The molecule has 0 N–H and O–H groups in total. The Bertz CT molecular complexity index is 1050. The van der Waals surface area contributed by atoms with Gasteiger partial charge in [0.15, 0.2) is 0 Å². The Morgan fingerprint density at radius 1 is 0.973 bits per heavy atom. The van der Waals surface area contributed by atoms with Gasteiger partial charge in [-0.15, -0.1) is 0 Å². The Kier molecular flexibility index (Phi) is 10.9. The van der Waals surface area contributed by atoms with Crippen molar-refractivity contribution in [1.82, 2.24) is 9.80 Å². The van der Waals surface area contributed by atoms with E-state index in [4.69, 9.17) is 9.47 Å². The Morgan fingerprint density at radius 2 is 1.70 bits per heavy atom. The Balaban J connectivity index is 1.96. The third-order valence-electron chi connectivity index (χ3n) is 6.53. The summed E-state index contributed by atoms with van der Waals surface area (Å²) in [5.74, 6) is 0.518. The van der Waals surface area contributed by atoms with Gasteiger partial charge in [0.1, 0.15) is 18.2 Å². The molecule has 202 valence electrons. The van der Waals surface area contributed by atoms with Gasteiger partial charge in [-0.05, 0) is 61.7 Å². The summed E-state index contributed by atoms with van der Waals surface area (Å²) in [4.78, 5) is 32.5. The number of carbonyl (C=O) groups is 2. The molecule has 3 rings (SSSR count).